The van der Waals surface area contributed by atoms with Gasteiger partial charge >= 0.3 is 0 Å². The van der Waals surface area contributed by atoms with Crippen molar-refractivity contribution in [1.29, 1.82) is 0 Å². The summed E-state index contributed by atoms with van der Waals surface area (Å²) in [5.41, 5.74) is 9.74. The van der Waals surface area contributed by atoms with Gasteiger partial charge in [0.2, 0.25) is 0 Å². The molecule has 8 aromatic rings. The number of fused-ring (bicyclic) bond motifs is 5. The summed E-state index contributed by atoms with van der Waals surface area (Å²) in [6.45, 7) is 0. The third-order valence-electron chi connectivity index (χ3n) is 8.51. The lowest BCUT2D eigenvalue weighted by Gasteiger charge is -2.22. The average molecular weight is 553 g/mol. The normalized spacial score (nSPS) is 12.0. The molecule has 0 spiro atoms. The Labute approximate surface area is 247 Å². The number of thiophene rings is 1. The van der Waals surface area contributed by atoms with Crippen LogP contribution >= 0.6 is 11.3 Å². The maximum atomic E-state index is 6.30. The third kappa shape index (κ3) is 3.62. The van der Waals surface area contributed by atoms with Crippen LogP contribution in [0.25, 0.3) is 75.5 Å². The molecular weight excluding hydrogens is 529 g/mol. The van der Waals surface area contributed by atoms with Gasteiger partial charge in [-0.15, -0.1) is 11.3 Å². The molecule has 1 nitrogen and oxygen atoms in total. The van der Waals surface area contributed by atoms with Crippen LogP contribution in [0.1, 0.15) is 0 Å². The van der Waals surface area contributed by atoms with Crippen molar-refractivity contribution in [2.24, 2.45) is 0 Å². The lowest BCUT2D eigenvalue weighted by Crippen LogP contribution is -1.97. The van der Waals surface area contributed by atoms with Gasteiger partial charge in [-0.25, -0.2) is 0 Å². The first-order valence-electron chi connectivity index (χ1n) is 14.3. The van der Waals surface area contributed by atoms with Crippen LogP contribution in [-0.2, 0) is 0 Å². The Balaban J connectivity index is 1.04. The summed E-state index contributed by atoms with van der Waals surface area (Å²) < 4.78 is 8.99. The van der Waals surface area contributed by atoms with Gasteiger partial charge in [0.25, 0.3) is 0 Å². The topological polar surface area (TPSA) is 9.23 Å². The van der Waals surface area contributed by atoms with Crippen molar-refractivity contribution in [3.05, 3.63) is 146 Å². The Hall–Kier alpha value is -5.18. The number of hydrogen-bond donors (Lipinski definition) is 0. The molecule has 9 rings (SSSR count). The van der Waals surface area contributed by atoms with Crippen LogP contribution in [-0.4, -0.2) is 0 Å². The van der Waals surface area contributed by atoms with E-state index in [0.29, 0.717) is 0 Å². The second-order valence-corrected chi connectivity index (χ2v) is 12.0. The zero-order chi connectivity index (χ0) is 27.6. The Bertz CT molecular complexity index is 2300. The van der Waals surface area contributed by atoms with Gasteiger partial charge in [0, 0.05) is 31.1 Å². The fraction of sp³-hybridized carbons (Fsp3) is 0. The zero-order valence-electron chi connectivity index (χ0n) is 22.7. The molecule has 0 radical (unpaired) electrons. The Morgan fingerprint density at radius 1 is 0.405 bits per heavy atom. The lowest BCUT2D eigenvalue weighted by atomic mass is 9.92. The SMILES string of the molecule is c1cc2c3c(cccc3c1)-c1cc(-c3ccc(-c4ccc(-c5cccc6c5sc5ccccc56)cc4)cc3)ccc1O2. The van der Waals surface area contributed by atoms with E-state index in [4.69, 9.17) is 4.74 Å². The van der Waals surface area contributed by atoms with Crippen LogP contribution in [0.2, 0.25) is 0 Å². The number of hydrogen-bond acceptors (Lipinski definition) is 2. The van der Waals surface area contributed by atoms with Crippen molar-refractivity contribution < 1.29 is 4.74 Å². The van der Waals surface area contributed by atoms with Crippen LogP contribution in [0.15, 0.2) is 146 Å². The van der Waals surface area contributed by atoms with E-state index in [-0.39, 0.29) is 0 Å². The van der Waals surface area contributed by atoms with E-state index < -0.39 is 0 Å². The monoisotopic (exact) mass is 552 g/mol. The summed E-state index contributed by atoms with van der Waals surface area (Å²) in [6, 6.07) is 52.5. The molecule has 0 fully saturated rings. The number of rotatable bonds is 3. The van der Waals surface area contributed by atoms with Crippen LogP contribution in [0.4, 0.5) is 0 Å². The molecule has 0 amide bonds. The van der Waals surface area contributed by atoms with Crippen LogP contribution in [0.5, 0.6) is 11.5 Å². The van der Waals surface area contributed by atoms with Crippen molar-refractivity contribution in [3.8, 4) is 56.0 Å². The number of benzene rings is 7. The molecule has 0 bridgehead atoms. The molecule has 0 saturated carbocycles. The minimum Gasteiger partial charge on any atom is -0.456 e. The summed E-state index contributed by atoms with van der Waals surface area (Å²) in [7, 11) is 0. The van der Waals surface area contributed by atoms with Crippen LogP contribution in [0.3, 0.4) is 0 Å². The van der Waals surface area contributed by atoms with Gasteiger partial charge in [0.15, 0.2) is 0 Å². The van der Waals surface area contributed by atoms with E-state index >= 15 is 0 Å². The van der Waals surface area contributed by atoms with Gasteiger partial charge in [0.05, 0.1) is 0 Å². The molecule has 0 saturated heterocycles. The molecule has 0 aliphatic carbocycles. The quantitative estimate of drug-likeness (QED) is 0.212. The predicted octanol–water partition coefficient (Wildman–Crippen LogP) is 12.0. The van der Waals surface area contributed by atoms with E-state index in [1.165, 1.54) is 69.9 Å². The van der Waals surface area contributed by atoms with Gasteiger partial charge in [-0.05, 0) is 68.6 Å². The molecule has 1 aromatic heterocycles. The van der Waals surface area contributed by atoms with E-state index in [1.807, 2.05) is 11.3 Å². The molecule has 1 aliphatic heterocycles. The second-order valence-electron chi connectivity index (χ2n) is 10.9. The maximum absolute atomic E-state index is 6.30. The van der Waals surface area contributed by atoms with E-state index in [9.17, 15) is 0 Å². The second kappa shape index (κ2) is 9.17. The summed E-state index contributed by atoms with van der Waals surface area (Å²) in [5, 5.41) is 5.07. The minimum atomic E-state index is 0.910. The Morgan fingerprint density at radius 3 is 1.83 bits per heavy atom. The van der Waals surface area contributed by atoms with Gasteiger partial charge in [-0.2, -0.15) is 0 Å². The molecule has 0 unspecified atom stereocenters. The standard InChI is InChI=1S/C40H24OS/c1-2-13-38-32(8-1)34-11-5-9-31(40(34)42-38)28-20-18-26(19-21-28)25-14-16-27(17-15-25)30-22-23-36-35(24-30)33-10-3-6-29-7-4-12-37(41-36)39(29)33/h1-24H. The smallest absolute Gasteiger partial charge is 0.135 e. The van der Waals surface area contributed by atoms with Crippen molar-refractivity contribution >= 4 is 42.3 Å². The average Bonchev–Trinajstić information content (AvgIpc) is 3.44. The Morgan fingerprint density at radius 2 is 1.02 bits per heavy atom. The van der Waals surface area contributed by atoms with E-state index in [2.05, 4.69) is 146 Å². The van der Waals surface area contributed by atoms with Gasteiger partial charge < -0.3 is 4.74 Å². The molecular formula is C40H24OS. The summed E-state index contributed by atoms with van der Waals surface area (Å²) in [5.74, 6) is 1.84. The minimum absolute atomic E-state index is 0.910. The highest BCUT2D eigenvalue weighted by atomic mass is 32.1. The first-order chi connectivity index (χ1) is 20.8. The molecule has 7 aromatic carbocycles. The molecule has 1 aliphatic rings. The zero-order valence-corrected chi connectivity index (χ0v) is 23.5. The van der Waals surface area contributed by atoms with E-state index in [0.717, 1.165) is 17.1 Å². The Kier molecular flexibility index (Phi) is 5.13. The highest BCUT2D eigenvalue weighted by molar-refractivity contribution is 7.26. The molecule has 42 heavy (non-hydrogen) atoms. The van der Waals surface area contributed by atoms with Gasteiger partial charge in [-0.3, -0.25) is 0 Å². The molecule has 0 N–H and O–H groups in total. The van der Waals surface area contributed by atoms with Crippen molar-refractivity contribution in [2.75, 3.05) is 0 Å². The largest absolute Gasteiger partial charge is 0.456 e. The van der Waals surface area contributed by atoms with Crippen LogP contribution < -0.4 is 4.74 Å². The van der Waals surface area contributed by atoms with Crippen molar-refractivity contribution in [3.63, 3.8) is 0 Å². The molecule has 2 heterocycles. The molecule has 0 atom stereocenters. The highest BCUT2D eigenvalue weighted by Crippen LogP contribution is 2.47. The van der Waals surface area contributed by atoms with Crippen LogP contribution in [0, 0.1) is 0 Å². The predicted molar refractivity (Wildman–Crippen MR) is 179 cm³/mol. The first kappa shape index (κ1) is 23.5. The third-order valence-corrected chi connectivity index (χ3v) is 9.73. The summed E-state index contributed by atoms with van der Waals surface area (Å²) in [6.07, 6.45) is 0. The fourth-order valence-corrected chi connectivity index (χ4v) is 7.65. The summed E-state index contributed by atoms with van der Waals surface area (Å²) in [4.78, 5) is 0. The fourth-order valence-electron chi connectivity index (χ4n) is 6.42. The first-order valence-corrected chi connectivity index (χ1v) is 15.1. The number of ether oxygens (including phenoxy) is 1. The van der Waals surface area contributed by atoms with Crippen molar-refractivity contribution in [2.45, 2.75) is 0 Å². The lowest BCUT2D eigenvalue weighted by molar-refractivity contribution is 0.487. The van der Waals surface area contributed by atoms with E-state index in [1.54, 1.807) is 0 Å². The van der Waals surface area contributed by atoms with Gasteiger partial charge in [-0.1, -0.05) is 121 Å². The van der Waals surface area contributed by atoms with Crippen molar-refractivity contribution in [1.82, 2.24) is 0 Å². The molecule has 196 valence electrons. The van der Waals surface area contributed by atoms with Gasteiger partial charge in [0.1, 0.15) is 11.5 Å². The molecule has 2 heteroatoms. The highest BCUT2D eigenvalue weighted by Gasteiger charge is 2.20. The summed E-state index contributed by atoms with van der Waals surface area (Å²) >= 11 is 1.88. The maximum Gasteiger partial charge on any atom is 0.135 e.